The molecule has 0 aromatic rings. The van der Waals surface area contributed by atoms with Gasteiger partial charge in [-0.15, -0.1) is 0 Å². The molecule has 3 N–H and O–H groups in total. The van der Waals surface area contributed by atoms with Gasteiger partial charge in [0.05, 0.1) is 12.7 Å². The van der Waals surface area contributed by atoms with E-state index >= 15 is 0 Å². The average Bonchev–Trinajstić information content (AvgIpc) is 3.62. The third-order valence-electron chi connectivity index (χ3n) is 18.2. The van der Waals surface area contributed by atoms with E-state index in [1.165, 1.54) is 140 Å². The molecule has 14 atom stereocenters. The number of carbonyl (C=O) groups excluding carboxylic acids is 1. The Hall–Kier alpha value is -0.990. The summed E-state index contributed by atoms with van der Waals surface area (Å²) < 4.78 is 18.2. The normalized spacial score (nSPS) is 35.5. The standard InChI is InChI=1S/C55H98O7/c1-8-10-11-12-13-14-15-16-17-18-19-20-21-22-23-24-25-26-49(57)62-52-48(38-56)61-53(51(59)50(52)58)60-43-33-35-54(6)42(37-43)29-30-44-46-32-31-45(55(46,7)36-34-47(44)54)40(5)27-28-41(9-2)39(3)4/h29,39-41,43-48,50-53,56,58-59H,8-28,30-38H2,1-7H3. The van der Waals surface area contributed by atoms with E-state index in [2.05, 4.69) is 54.5 Å². The van der Waals surface area contributed by atoms with Crippen molar-refractivity contribution in [1.82, 2.24) is 0 Å². The van der Waals surface area contributed by atoms with Gasteiger partial charge in [0.25, 0.3) is 0 Å². The molecule has 1 aliphatic heterocycles. The van der Waals surface area contributed by atoms with Gasteiger partial charge in [-0.2, -0.15) is 0 Å². The molecule has 360 valence electrons. The highest BCUT2D eigenvalue weighted by Crippen LogP contribution is 2.67. The number of aliphatic hydroxyl groups excluding tert-OH is 3. The van der Waals surface area contributed by atoms with Crippen LogP contribution in [0.3, 0.4) is 0 Å². The van der Waals surface area contributed by atoms with Crippen LogP contribution in [-0.4, -0.2) is 64.7 Å². The summed E-state index contributed by atoms with van der Waals surface area (Å²) >= 11 is 0. The predicted molar refractivity (Wildman–Crippen MR) is 254 cm³/mol. The van der Waals surface area contributed by atoms with Crippen molar-refractivity contribution in [1.29, 1.82) is 0 Å². The number of fused-ring (bicyclic) bond motifs is 5. The predicted octanol–water partition coefficient (Wildman–Crippen LogP) is 13.4. The van der Waals surface area contributed by atoms with E-state index in [-0.39, 0.29) is 17.9 Å². The van der Waals surface area contributed by atoms with Gasteiger partial charge in [-0.25, -0.2) is 0 Å². The lowest BCUT2D eigenvalue weighted by Crippen LogP contribution is -2.61. The smallest absolute Gasteiger partial charge is 0.306 e. The molecule has 4 fully saturated rings. The molecule has 1 heterocycles. The van der Waals surface area contributed by atoms with Crippen LogP contribution in [0, 0.1) is 52.3 Å². The van der Waals surface area contributed by atoms with Gasteiger partial charge < -0.3 is 29.5 Å². The summed E-state index contributed by atoms with van der Waals surface area (Å²) in [7, 11) is 0. The maximum Gasteiger partial charge on any atom is 0.306 e. The molecule has 0 aromatic carbocycles. The van der Waals surface area contributed by atoms with Crippen LogP contribution in [-0.2, 0) is 19.0 Å². The second-order valence-electron chi connectivity index (χ2n) is 22.5. The number of hydrogen-bond donors (Lipinski definition) is 3. The van der Waals surface area contributed by atoms with Gasteiger partial charge in [0.15, 0.2) is 12.4 Å². The lowest BCUT2D eigenvalue weighted by atomic mass is 9.47. The Labute approximate surface area is 381 Å². The molecule has 0 spiro atoms. The molecule has 7 nitrogen and oxygen atoms in total. The van der Waals surface area contributed by atoms with E-state index in [0.29, 0.717) is 11.3 Å². The molecule has 14 unspecified atom stereocenters. The van der Waals surface area contributed by atoms with E-state index in [0.717, 1.165) is 80.5 Å². The van der Waals surface area contributed by atoms with Crippen LogP contribution in [0.1, 0.15) is 235 Å². The molecule has 0 radical (unpaired) electrons. The lowest BCUT2D eigenvalue weighted by Gasteiger charge is -2.58. The molecule has 4 aliphatic carbocycles. The minimum absolute atomic E-state index is 0.140. The van der Waals surface area contributed by atoms with Crippen molar-refractivity contribution in [2.24, 2.45) is 52.3 Å². The average molecular weight is 871 g/mol. The van der Waals surface area contributed by atoms with Crippen LogP contribution in [0.2, 0.25) is 0 Å². The van der Waals surface area contributed by atoms with Gasteiger partial charge in [0, 0.05) is 6.42 Å². The second-order valence-corrected chi connectivity index (χ2v) is 22.5. The number of esters is 1. The molecule has 3 saturated carbocycles. The molecular formula is C55H98O7. The third-order valence-corrected chi connectivity index (χ3v) is 18.2. The van der Waals surface area contributed by atoms with Crippen LogP contribution in [0.25, 0.3) is 0 Å². The van der Waals surface area contributed by atoms with Crippen LogP contribution >= 0.6 is 0 Å². The van der Waals surface area contributed by atoms with Crippen molar-refractivity contribution in [2.45, 2.75) is 271 Å². The molecular weight excluding hydrogens is 773 g/mol. The molecule has 0 bridgehead atoms. The number of ether oxygens (including phenoxy) is 3. The van der Waals surface area contributed by atoms with Gasteiger partial charge in [-0.3, -0.25) is 4.79 Å². The van der Waals surface area contributed by atoms with Gasteiger partial charge in [-0.1, -0.05) is 176 Å². The van der Waals surface area contributed by atoms with Crippen LogP contribution < -0.4 is 0 Å². The highest BCUT2D eigenvalue weighted by atomic mass is 16.7. The van der Waals surface area contributed by atoms with Crippen LogP contribution in [0.5, 0.6) is 0 Å². The zero-order chi connectivity index (χ0) is 44.7. The number of rotatable bonds is 28. The summed E-state index contributed by atoms with van der Waals surface area (Å²) in [6.07, 6.45) is 31.9. The zero-order valence-electron chi connectivity index (χ0n) is 41.3. The van der Waals surface area contributed by atoms with Crippen molar-refractivity contribution in [3.05, 3.63) is 11.6 Å². The van der Waals surface area contributed by atoms with Crippen molar-refractivity contribution in [3.63, 3.8) is 0 Å². The van der Waals surface area contributed by atoms with E-state index in [1.807, 2.05) is 0 Å². The van der Waals surface area contributed by atoms with Crippen molar-refractivity contribution in [2.75, 3.05) is 6.61 Å². The van der Waals surface area contributed by atoms with Crippen molar-refractivity contribution in [3.8, 4) is 0 Å². The fourth-order valence-corrected chi connectivity index (χ4v) is 14.1. The summed E-state index contributed by atoms with van der Waals surface area (Å²) in [5, 5.41) is 32.7. The number of aliphatic hydroxyl groups is 3. The van der Waals surface area contributed by atoms with Crippen molar-refractivity contribution >= 4 is 5.97 Å². The summed E-state index contributed by atoms with van der Waals surface area (Å²) in [5.74, 6) is 5.13. The maximum absolute atomic E-state index is 12.9. The topological polar surface area (TPSA) is 105 Å². The first-order chi connectivity index (χ1) is 29.9. The minimum Gasteiger partial charge on any atom is -0.457 e. The quantitative estimate of drug-likeness (QED) is 0.0408. The van der Waals surface area contributed by atoms with Crippen molar-refractivity contribution < 1.29 is 34.3 Å². The Morgan fingerprint density at radius 3 is 1.97 bits per heavy atom. The number of carbonyl (C=O) groups is 1. The Morgan fingerprint density at radius 1 is 0.774 bits per heavy atom. The Morgan fingerprint density at radius 2 is 1.39 bits per heavy atom. The van der Waals surface area contributed by atoms with Gasteiger partial charge in [-0.05, 0) is 116 Å². The van der Waals surface area contributed by atoms with E-state index in [1.54, 1.807) is 0 Å². The third kappa shape index (κ3) is 13.6. The van der Waals surface area contributed by atoms with Gasteiger partial charge >= 0.3 is 5.97 Å². The number of unbranched alkanes of at least 4 members (excludes halogenated alkanes) is 16. The summed E-state index contributed by atoms with van der Waals surface area (Å²) in [6.45, 7) is 16.8. The van der Waals surface area contributed by atoms with E-state index in [9.17, 15) is 20.1 Å². The van der Waals surface area contributed by atoms with E-state index in [4.69, 9.17) is 14.2 Å². The minimum atomic E-state index is -1.40. The Bertz CT molecular complexity index is 1310. The summed E-state index contributed by atoms with van der Waals surface area (Å²) in [5.41, 5.74) is 2.13. The Balaban J connectivity index is 0.993. The highest BCUT2D eigenvalue weighted by molar-refractivity contribution is 5.69. The Kier molecular flexibility index (Phi) is 21.6. The van der Waals surface area contributed by atoms with Gasteiger partial charge in [0.1, 0.15) is 18.3 Å². The largest absolute Gasteiger partial charge is 0.457 e. The molecule has 7 heteroatoms. The van der Waals surface area contributed by atoms with Crippen LogP contribution in [0.4, 0.5) is 0 Å². The fraction of sp³-hybridized carbons (Fsp3) is 0.945. The first-order valence-electron chi connectivity index (χ1n) is 27.0. The first-order valence-corrected chi connectivity index (χ1v) is 27.0. The highest BCUT2D eigenvalue weighted by Gasteiger charge is 2.59. The fourth-order valence-electron chi connectivity index (χ4n) is 14.1. The van der Waals surface area contributed by atoms with Gasteiger partial charge in [0.2, 0.25) is 0 Å². The number of hydrogen-bond acceptors (Lipinski definition) is 7. The second kappa shape index (κ2) is 25.8. The van der Waals surface area contributed by atoms with Crippen LogP contribution in [0.15, 0.2) is 11.6 Å². The maximum atomic E-state index is 12.9. The first kappa shape index (κ1) is 52.0. The monoisotopic (exact) mass is 871 g/mol. The molecule has 5 aliphatic rings. The lowest BCUT2D eigenvalue weighted by molar-refractivity contribution is -0.314. The molecule has 0 aromatic heterocycles. The van der Waals surface area contributed by atoms with E-state index < -0.39 is 43.3 Å². The molecule has 62 heavy (non-hydrogen) atoms. The molecule has 5 rings (SSSR count). The zero-order valence-corrected chi connectivity index (χ0v) is 41.3. The SMILES string of the molecule is CCCCCCCCCCCCCCCCCCCC(=O)OC1C(CO)OC(OC2CCC3(C)C(=CCC4C3CCC3(C)C(C(C)CCC(CC)C(C)C)CCC43)C2)C(O)C1O. The molecule has 1 saturated heterocycles. The molecule has 0 amide bonds. The summed E-state index contributed by atoms with van der Waals surface area (Å²) in [6, 6.07) is 0. The summed E-state index contributed by atoms with van der Waals surface area (Å²) in [4.78, 5) is 12.9. The number of allylic oxidation sites excluding steroid dienone is 1.